The number of amides is 1. The maximum atomic E-state index is 13.2. The van der Waals surface area contributed by atoms with Crippen molar-refractivity contribution in [1.29, 1.82) is 0 Å². The lowest BCUT2D eigenvalue weighted by atomic mass is 10.0. The number of hydrogen-bond acceptors (Lipinski definition) is 6. The van der Waals surface area contributed by atoms with Crippen LogP contribution in [-0.2, 0) is 10.9 Å². The Morgan fingerprint density at radius 2 is 1.85 bits per heavy atom. The number of halogens is 4. The molecule has 2 atom stereocenters. The molecule has 0 spiro atoms. The van der Waals surface area contributed by atoms with Gasteiger partial charge in [0.25, 0.3) is 0 Å². The monoisotopic (exact) mass is 561 g/mol. The minimum absolute atomic E-state index is 0.133. The number of rotatable bonds is 6. The third-order valence-corrected chi connectivity index (χ3v) is 7.02. The van der Waals surface area contributed by atoms with E-state index in [9.17, 15) is 18.0 Å². The van der Waals surface area contributed by atoms with E-state index in [1.54, 1.807) is 41.3 Å². The number of nitrogens with zero attached hydrogens (tertiary/aromatic N) is 3. The number of alkyl halides is 3. The first-order valence-electron chi connectivity index (χ1n) is 12.6. The van der Waals surface area contributed by atoms with Gasteiger partial charge in [0.2, 0.25) is 5.88 Å². The van der Waals surface area contributed by atoms with Crippen LogP contribution in [-0.4, -0.2) is 59.8 Å². The average molecular weight is 562 g/mol. The molecule has 0 saturated carbocycles. The van der Waals surface area contributed by atoms with E-state index in [2.05, 4.69) is 9.88 Å². The Kier molecular flexibility index (Phi) is 8.25. The molecule has 3 heterocycles. The third-order valence-electron chi connectivity index (χ3n) is 6.75. The lowest BCUT2D eigenvalue weighted by Gasteiger charge is -2.41. The number of hydrogen-bond donors (Lipinski definition) is 0. The summed E-state index contributed by atoms with van der Waals surface area (Å²) >= 11 is 5.98. The van der Waals surface area contributed by atoms with Crippen LogP contribution >= 0.6 is 11.6 Å². The molecular formula is C28H27ClF3N3O4. The molecule has 2 aliphatic rings. The molecule has 0 aliphatic carbocycles. The van der Waals surface area contributed by atoms with Gasteiger partial charge in [0.05, 0.1) is 17.7 Å². The van der Waals surface area contributed by atoms with Crippen LogP contribution in [0.5, 0.6) is 17.4 Å². The number of carbonyl (C=O) groups excluding carboxylic acids is 1. The van der Waals surface area contributed by atoms with E-state index in [4.69, 9.17) is 25.8 Å². The van der Waals surface area contributed by atoms with Crippen LogP contribution in [0, 0.1) is 0 Å². The lowest BCUT2D eigenvalue weighted by Crippen LogP contribution is -2.52. The fourth-order valence-corrected chi connectivity index (χ4v) is 4.96. The zero-order valence-corrected chi connectivity index (χ0v) is 21.7. The van der Waals surface area contributed by atoms with Crippen molar-refractivity contribution in [3.63, 3.8) is 0 Å². The first-order valence-corrected chi connectivity index (χ1v) is 13.0. The summed E-state index contributed by atoms with van der Waals surface area (Å²) in [6.07, 6.45) is -2.06. The standard InChI is InChI=1S/C28H27ClF3N3O4/c29-24-15-20(28(30,31)32)16-33-26(24)38-22-10-8-19(9-11-22)25-18-34(17-23-7-4-14-37-23)12-13-35(25)27(36)39-21-5-2-1-3-6-21/h1-3,5-6,8-11,15-16,23,25H,4,7,12-14,17-18H2. The second-order valence-corrected chi connectivity index (χ2v) is 9.87. The van der Waals surface area contributed by atoms with E-state index in [0.717, 1.165) is 37.6 Å². The predicted molar refractivity (Wildman–Crippen MR) is 138 cm³/mol. The van der Waals surface area contributed by atoms with Crippen LogP contribution in [0.4, 0.5) is 18.0 Å². The number of piperazine rings is 1. The third kappa shape index (κ3) is 6.81. The van der Waals surface area contributed by atoms with Crippen LogP contribution in [0.3, 0.4) is 0 Å². The fraction of sp³-hybridized carbons (Fsp3) is 0.357. The summed E-state index contributed by atoms with van der Waals surface area (Å²) in [7, 11) is 0. The van der Waals surface area contributed by atoms with Crippen molar-refractivity contribution >= 4 is 17.7 Å². The Morgan fingerprint density at radius 1 is 1.08 bits per heavy atom. The first-order chi connectivity index (χ1) is 18.8. The number of aromatic nitrogens is 1. The van der Waals surface area contributed by atoms with Gasteiger partial charge in [-0.1, -0.05) is 41.9 Å². The van der Waals surface area contributed by atoms with E-state index >= 15 is 0 Å². The minimum atomic E-state index is -4.55. The summed E-state index contributed by atoms with van der Waals surface area (Å²) in [5.41, 5.74) is -0.0987. The van der Waals surface area contributed by atoms with E-state index in [1.807, 2.05) is 18.2 Å². The van der Waals surface area contributed by atoms with E-state index in [-0.39, 0.29) is 23.0 Å². The quantitative estimate of drug-likeness (QED) is 0.339. The molecule has 39 heavy (non-hydrogen) atoms. The van der Waals surface area contributed by atoms with E-state index < -0.39 is 17.8 Å². The Labute approximate surface area is 229 Å². The molecule has 1 aromatic heterocycles. The summed E-state index contributed by atoms with van der Waals surface area (Å²) in [5, 5.41) is -0.249. The molecule has 0 N–H and O–H groups in total. The molecule has 1 amide bonds. The lowest BCUT2D eigenvalue weighted by molar-refractivity contribution is -0.137. The summed E-state index contributed by atoms with van der Waals surface area (Å²) in [5.74, 6) is 0.678. The van der Waals surface area contributed by atoms with Gasteiger partial charge in [0, 0.05) is 39.0 Å². The topological polar surface area (TPSA) is 64.1 Å². The normalized spacial score (nSPS) is 20.2. The molecule has 2 fully saturated rings. The zero-order chi connectivity index (χ0) is 27.4. The van der Waals surface area contributed by atoms with Crippen LogP contribution in [0.15, 0.2) is 66.9 Å². The van der Waals surface area contributed by atoms with Gasteiger partial charge in [-0.25, -0.2) is 9.78 Å². The van der Waals surface area contributed by atoms with Gasteiger partial charge in [-0.05, 0) is 48.7 Å². The Morgan fingerprint density at radius 3 is 2.51 bits per heavy atom. The Bertz CT molecular complexity index is 1270. The first kappa shape index (κ1) is 27.2. The Hall–Kier alpha value is -3.34. The molecule has 7 nitrogen and oxygen atoms in total. The fourth-order valence-electron chi connectivity index (χ4n) is 4.76. The second-order valence-electron chi connectivity index (χ2n) is 9.46. The molecule has 11 heteroatoms. The summed E-state index contributed by atoms with van der Waals surface area (Å²) in [6.45, 7) is 3.33. The molecule has 0 radical (unpaired) electrons. The van der Waals surface area contributed by atoms with Gasteiger partial charge in [-0.3, -0.25) is 9.80 Å². The van der Waals surface area contributed by atoms with E-state index in [1.165, 1.54) is 0 Å². The molecule has 2 aliphatic heterocycles. The summed E-state index contributed by atoms with van der Waals surface area (Å²) < 4.78 is 55.8. The highest BCUT2D eigenvalue weighted by Crippen LogP contribution is 2.35. The molecule has 206 valence electrons. The summed E-state index contributed by atoms with van der Waals surface area (Å²) in [6, 6.07) is 16.4. The number of benzene rings is 2. The smallest absolute Gasteiger partial charge is 0.417 e. The number of para-hydroxylation sites is 1. The van der Waals surface area contributed by atoms with Crippen molar-refractivity contribution < 1.29 is 32.2 Å². The largest absolute Gasteiger partial charge is 0.438 e. The van der Waals surface area contributed by atoms with Crippen molar-refractivity contribution in [2.24, 2.45) is 0 Å². The maximum Gasteiger partial charge on any atom is 0.417 e. The van der Waals surface area contributed by atoms with Gasteiger partial charge < -0.3 is 14.2 Å². The Balaban J connectivity index is 1.32. The highest BCUT2D eigenvalue weighted by Gasteiger charge is 2.35. The summed E-state index contributed by atoms with van der Waals surface area (Å²) in [4.78, 5) is 20.9. The molecule has 3 aromatic rings. The number of ether oxygens (including phenoxy) is 3. The number of pyridine rings is 1. The highest BCUT2D eigenvalue weighted by molar-refractivity contribution is 6.31. The molecular weight excluding hydrogens is 535 g/mol. The SMILES string of the molecule is O=C(Oc1ccccc1)N1CCN(CC2CCCO2)CC1c1ccc(Oc2ncc(C(F)(F)F)cc2Cl)cc1. The van der Waals surface area contributed by atoms with Crippen molar-refractivity contribution in [3.8, 4) is 17.4 Å². The van der Waals surface area contributed by atoms with Gasteiger partial charge in [-0.2, -0.15) is 13.2 Å². The van der Waals surface area contributed by atoms with E-state index in [0.29, 0.717) is 37.3 Å². The van der Waals surface area contributed by atoms with Gasteiger partial charge in [-0.15, -0.1) is 0 Å². The average Bonchev–Trinajstić information content (AvgIpc) is 3.43. The zero-order valence-electron chi connectivity index (χ0n) is 20.9. The van der Waals surface area contributed by atoms with Crippen molar-refractivity contribution in [3.05, 3.63) is 83.0 Å². The van der Waals surface area contributed by atoms with Gasteiger partial charge in [0.1, 0.15) is 16.5 Å². The number of carbonyl (C=O) groups is 1. The highest BCUT2D eigenvalue weighted by atomic mass is 35.5. The molecule has 2 saturated heterocycles. The molecule has 2 unspecified atom stereocenters. The second kappa shape index (κ2) is 11.8. The maximum absolute atomic E-state index is 13.2. The van der Waals surface area contributed by atoms with Gasteiger partial charge >= 0.3 is 12.3 Å². The van der Waals surface area contributed by atoms with Crippen LogP contribution < -0.4 is 9.47 Å². The van der Waals surface area contributed by atoms with Gasteiger partial charge in [0.15, 0.2) is 0 Å². The van der Waals surface area contributed by atoms with Crippen molar-refractivity contribution in [2.75, 3.05) is 32.8 Å². The predicted octanol–water partition coefficient (Wildman–Crippen LogP) is 6.58. The molecule has 0 bridgehead atoms. The van der Waals surface area contributed by atoms with Crippen molar-refractivity contribution in [1.82, 2.24) is 14.8 Å². The van der Waals surface area contributed by atoms with Crippen molar-refractivity contribution in [2.45, 2.75) is 31.2 Å². The molecule has 2 aromatic carbocycles. The van der Waals surface area contributed by atoms with Crippen LogP contribution in [0.1, 0.15) is 30.0 Å². The molecule has 5 rings (SSSR count). The van der Waals surface area contributed by atoms with Crippen LogP contribution in [0.2, 0.25) is 5.02 Å². The van der Waals surface area contributed by atoms with Crippen LogP contribution in [0.25, 0.3) is 0 Å². The minimum Gasteiger partial charge on any atom is -0.438 e.